The largest absolute Gasteiger partial charge is 0.459 e. The smallest absolute Gasteiger partial charge is 0.144 e. The minimum atomic E-state index is 0.705. The fraction of sp³-hybridized carbons (Fsp3) is 0.182. The van der Waals surface area contributed by atoms with E-state index in [1.165, 1.54) is 11.3 Å². The van der Waals surface area contributed by atoms with Crippen LogP contribution in [0.1, 0.15) is 10.6 Å². The number of hydrogen-bond donors (Lipinski definition) is 1. The highest BCUT2D eigenvalue weighted by molar-refractivity contribution is 7.15. The van der Waals surface area contributed by atoms with Gasteiger partial charge in [-0.1, -0.05) is 0 Å². The van der Waals surface area contributed by atoms with Gasteiger partial charge < -0.3 is 9.73 Å². The molecule has 0 fully saturated rings. The van der Waals surface area contributed by atoms with Gasteiger partial charge in [0, 0.05) is 0 Å². The molecule has 0 aliphatic carbocycles. The van der Waals surface area contributed by atoms with Crippen LogP contribution in [0.15, 0.2) is 28.7 Å². The monoisotopic (exact) mass is 218 g/mol. The molecule has 0 aliphatic heterocycles. The number of nitrogens with zero attached hydrogens (tertiary/aromatic N) is 1. The van der Waals surface area contributed by atoms with Crippen LogP contribution >= 0.6 is 11.3 Å². The lowest BCUT2D eigenvalue weighted by Gasteiger charge is -1.93. The molecule has 15 heavy (non-hydrogen) atoms. The van der Waals surface area contributed by atoms with Crippen LogP contribution in [0.2, 0.25) is 0 Å². The van der Waals surface area contributed by atoms with Crippen molar-refractivity contribution in [2.24, 2.45) is 0 Å². The summed E-state index contributed by atoms with van der Waals surface area (Å²) in [6.45, 7) is 0.719. The van der Waals surface area contributed by atoms with Gasteiger partial charge in [0.05, 0.1) is 11.4 Å². The van der Waals surface area contributed by atoms with Gasteiger partial charge in [-0.15, -0.1) is 11.3 Å². The average Bonchev–Trinajstić information content (AvgIpc) is 2.85. The Morgan fingerprint density at radius 1 is 1.40 bits per heavy atom. The normalized spacial score (nSPS) is 10.1. The third-order valence-electron chi connectivity index (χ3n) is 1.97. The first-order chi connectivity index (χ1) is 7.33. The topological polar surface area (TPSA) is 49.0 Å². The molecule has 1 N–H and O–H groups in total. The minimum absolute atomic E-state index is 0.705. The maximum Gasteiger partial charge on any atom is 0.144 e. The summed E-state index contributed by atoms with van der Waals surface area (Å²) in [5.41, 5.74) is 0. The summed E-state index contributed by atoms with van der Waals surface area (Å²) in [6, 6.07) is 9.70. The van der Waals surface area contributed by atoms with E-state index < -0.39 is 0 Å². The summed E-state index contributed by atoms with van der Waals surface area (Å²) in [7, 11) is 1.88. The fourth-order valence-corrected chi connectivity index (χ4v) is 2.08. The Morgan fingerprint density at radius 2 is 2.27 bits per heavy atom. The van der Waals surface area contributed by atoms with Crippen LogP contribution < -0.4 is 5.32 Å². The Morgan fingerprint density at radius 3 is 2.93 bits per heavy atom. The summed E-state index contributed by atoms with van der Waals surface area (Å²) in [6.07, 6.45) is 0. The van der Waals surface area contributed by atoms with Crippen LogP contribution in [-0.4, -0.2) is 7.05 Å². The van der Waals surface area contributed by atoms with E-state index in [1.807, 2.05) is 25.2 Å². The van der Waals surface area contributed by atoms with Gasteiger partial charge in [-0.25, -0.2) is 0 Å². The highest BCUT2D eigenvalue weighted by atomic mass is 32.1. The van der Waals surface area contributed by atoms with Crippen molar-refractivity contribution in [3.05, 3.63) is 34.9 Å². The molecule has 2 aromatic rings. The molecule has 4 heteroatoms. The zero-order chi connectivity index (χ0) is 10.7. The van der Waals surface area contributed by atoms with Crippen molar-refractivity contribution in [3.8, 4) is 16.7 Å². The highest BCUT2D eigenvalue weighted by Crippen LogP contribution is 2.29. The average molecular weight is 218 g/mol. The van der Waals surface area contributed by atoms with Gasteiger partial charge in [0.1, 0.15) is 22.5 Å². The molecular weight excluding hydrogens is 208 g/mol. The van der Waals surface area contributed by atoms with Crippen LogP contribution in [0, 0.1) is 11.3 Å². The van der Waals surface area contributed by atoms with Crippen molar-refractivity contribution in [1.82, 2.24) is 5.32 Å². The number of thiophene rings is 1. The summed E-state index contributed by atoms with van der Waals surface area (Å²) >= 11 is 1.44. The number of furan rings is 1. The van der Waals surface area contributed by atoms with E-state index in [4.69, 9.17) is 9.68 Å². The second-order valence-corrected chi connectivity index (χ2v) is 4.16. The van der Waals surface area contributed by atoms with Crippen LogP contribution in [0.3, 0.4) is 0 Å². The molecule has 0 atom stereocenters. The van der Waals surface area contributed by atoms with Crippen LogP contribution in [0.5, 0.6) is 0 Å². The molecule has 0 saturated carbocycles. The maximum absolute atomic E-state index is 8.71. The first-order valence-corrected chi connectivity index (χ1v) is 5.39. The summed E-state index contributed by atoms with van der Waals surface area (Å²) < 4.78 is 5.61. The van der Waals surface area contributed by atoms with Crippen molar-refractivity contribution in [2.45, 2.75) is 6.54 Å². The van der Waals surface area contributed by atoms with Crippen molar-refractivity contribution < 1.29 is 4.42 Å². The summed E-state index contributed by atoms with van der Waals surface area (Å²) in [5, 5.41) is 11.7. The zero-order valence-corrected chi connectivity index (χ0v) is 9.10. The molecule has 0 aromatic carbocycles. The minimum Gasteiger partial charge on any atom is -0.459 e. The van der Waals surface area contributed by atoms with E-state index in [0.29, 0.717) is 4.88 Å². The molecule has 0 amide bonds. The quantitative estimate of drug-likeness (QED) is 0.861. The summed E-state index contributed by atoms with van der Waals surface area (Å²) in [5.74, 6) is 1.73. The van der Waals surface area contributed by atoms with Gasteiger partial charge in [-0.2, -0.15) is 5.26 Å². The molecule has 2 aromatic heterocycles. The van der Waals surface area contributed by atoms with E-state index in [0.717, 1.165) is 22.9 Å². The third kappa shape index (κ3) is 2.09. The summed E-state index contributed by atoms with van der Waals surface area (Å²) in [4.78, 5) is 1.70. The number of rotatable bonds is 3. The first-order valence-electron chi connectivity index (χ1n) is 4.57. The van der Waals surface area contributed by atoms with E-state index >= 15 is 0 Å². The Hall–Kier alpha value is -1.57. The van der Waals surface area contributed by atoms with Crippen molar-refractivity contribution in [3.63, 3.8) is 0 Å². The van der Waals surface area contributed by atoms with E-state index in [9.17, 15) is 0 Å². The lowest BCUT2D eigenvalue weighted by Crippen LogP contribution is -2.03. The number of nitrogens with one attached hydrogen (secondary N) is 1. The van der Waals surface area contributed by atoms with Gasteiger partial charge in [0.2, 0.25) is 0 Å². The van der Waals surface area contributed by atoms with Gasteiger partial charge in [0.15, 0.2) is 0 Å². The third-order valence-corrected chi connectivity index (χ3v) is 2.98. The maximum atomic E-state index is 8.71. The second kappa shape index (κ2) is 4.30. The molecule has 76 valence electrons. The van der Waals surface area contributed by atoms with Gasteiger partial charge in [0.25, 0.3) is 0 Å². The van der Waals surface area contributed by atoms with Crippen molar-refractivity contribution in [1.29, 1.82) is 5.26 Å². The first kappa shape index (κ1) is 9.97. The van der Waals surface area contributed by atoms with Crippen LogP contribution in [0.25, 0.3) is 10.6 Å². The van der Waals surface area contributed by atoms with E-state index in [-0.39, 0.29) is 0 Å². The van der Waals surface area contributed by atoms with Gasteiger partial charge in [-0.3, -0.25) is 0 Å². The van der Waals surface area contributed by atoms with Gasteiger partial charge in [-0.05, 0) is 31.3 Å². The van der Waals surface area contributed by atoms with E-state index in [1.54, 1.807) is 6.07 Å². The zero-order valence-electron chi connectivity index (χ0n) is 8.28. The van der Waals surface area contributed by atoms with Crippen molar-refractivity contribution >= 4 is 11.3 Å². The molecule has 0 unspecified atom stereocenters. The predicted molar refractivity (Wildman–Crippen MR) is 59.5 cm³/mol. The van der Waals surface area contributed by atoms with Crippen molar-refractivity contribution in [2.75, 3.05) is 7.05 Å². The number of nitriles is 1. The molecule has 0 aliphatic rings. The lowest BCUT2D eigenvalue weighted by atomic mass is 10.3. The molecule has 0 saturated heterocycles. The molecule has 2 heterocycles. The molecule has 3 nitrogen and oxygen atoms in total. The molecular formula is C11H10N2OS. The molecule has 0 bridgehead atoms. The molecule has 0 radical (unpaired) electrons. The van der Waals surface area contributed by atoms with Crippen LogP contribution in [-0.2, 0) is 6.54 Å². The Balaban J connectivity index is 2.25. The standard InChI is InChI=1S/C11H10N2OS/c1-13-7-8-2-4-10(14-8)11-5-3-9(6-12)15-11/h2-5,13H,7H2,1H3. The fourth-order valence-electron chi connectivity index (χ4n) is 1.31. The highest BCUT2D eigenvalue weighted by Gasteiger charge is 2.06. The molecule has 2 rings (SSSR count). The SMILES string of the molecule is CNCc1ccc(-c2ccc(C#N)s2)o1. The second-order valence-electron chi connectivity index (χ2n) is 3.07. The Labute approximate surface area is 92.0 Å². The predicted octanol–water partition coefficient (Wildman–Crippen LogP) is 2.60. The Kier molecular flexibility index (Phi) is 2.86. The number of hydrogen-bond acceptors (Lipinski definition) is 4. The molecule has 0 spiro atoms. The Bertz CT molecular complexity index is 493. The lowest BCUT2D eigenvalue weighted by molar-refractivity contribution is 0.508. The van der Waals surface area contributed by atoms with Crippen LogP contribution in [0.4, 0.5) is 0 Å². The van der Waals surface area contributed by atoms with E-state index in [2.05, 4.69) is 11.4 Å². The van der Waals surface area contributed by atoms with Gasteiger partial charge >= 0.3 is 0 Å².